The van der Waals surface area contributed by atoms with E-state index >= 15 is 0 Å². The Morgan fingerprint density at radius 2 is 1.50 bits per heavy atom. The van der Waals surface area contributed by atoms with Gasteiger partial charge in [-0.3, -0.25) is 0 Å². The number of rotatable bonds is 6. The molecule has 18 heavy (non-hydrogen) atoms. The van der Waals surface area contributed by atoms with Crippen LogP contribution in [0.5, 0.6) is 0 Å². The first-order chi connectivity index (χ1) is 8.90. The van der Waals surface area contributed by atoms with Gasteiger partial charge in [0.15, 0.2) is 0 Å². The molecule has 0 heterocycles. The molecule has 0 aliphatic rings. The third kappa shape index (κ3) is 3.71. The van der Waals surface area contributed by atoms with Crippen molar-refractivity contribution in [3.8, 4) is 0 Å². The molecule has 1 nitrogen and oxygen atoms in total. The molecule has 0 bridgehead atoms. The molecule has 0 saturated heterocycles. The van der Waals surface area contributed by atoms with E-state index in [1.807, 2.05) is 7.05 Å². The second kappa shape index (κ2) is 6.97. The minimum absolute atomic E-state index is 0.468. The molecule has 2 aromatic rings. The van der Waals surface area contributed by atoms with E-state index in [2.05, 4.69) is 66.0 Å². The quantitative estimate of drug-likeness (QED) is 0.804. The molecular formula is C17H21N. The predicted molar refractivity (Wildman–Crippen MR) is 77.6 cm³/mol. The van der Waals surface area contributed by atoms with Gasteiger partial charge in [-0.25, -0.2) is 0 Å². The van der Waals surface area contributed by atoms with Crippen LogP contribution in [0.15, 0.2) is 60.7 Å². The first-order valence-corrected chi connectivity index (χ1v) is 6.66. The van der Waals surface area contributed by atoms with Crippen LogP contribution < -0.4 is 5.32 Å². The third-order valence-corrected chi connectivity index (χ3v) is 3.35. The van der Waals surface area contributed by atoms with Crippen molar-refractivity contribution in [3.63, 3.8) is 0 Å². The van der Waals surface area contributed by atoms with Crippen molar-refractivity contribution < 1.29 is 0 Å². The highest BCUT2D eigenvalue weighted by atomic mass is 14.9. The van der Waals surface area contributed by atoms with E-state index in [9.17, 15) is 0 Å². The molecule has 0 radical (unpaired) electrons. The lowest BCUT2D eigenvalue weighted by molar-refractivity contribution is 0.527. The van der Waals surface area contributed by atoms with Crippen LogP contribution >= 0.6 is 0 Å². The Morgan fingerprint density at radius 1 is 0.889 bits per heavy atom. The molecule has 0 unspecified atom stereocenters. The van der Waals surface area contributed by atoms with E-state index in [0.717, 1.165) is 6.42 Å². The molecule has 0 aliphatic carbocycles. The number of hydrogen-bond acceptors (Lipinski definition) is 1. The number of benzene rings is 2. The maximum Gasteiger partial charge on any atom is 0.0317 e. The smallest absolute Gasteiger partial charge is 0.0317 e. The average molecular weight is 239 g/mol. The first-order valence-electron chi connectivity index (χ1n) is 6.66. The molecule has 94 valence electrons. The molecule has 2 rings (SSSR count). The Morgan fingerprint density at radius 3 is 2.11 bits per heavy atom. The molecule has 0 spiro atoms. The second-order valence-electron chi connectivity index (χ2n) is 4.63. The van der Waals surface area contributed by atoms with Gasteiger partial charge in [-0.2, -0.15) is 0 Å². The summed E-state index contributed by atoms with van der Waals surface area (Å²) in [6, 6.07) is 21.9. The fourth-order valence-electron chi connectivity index (χ4n) is 2.32. The van der Waals surface area contributed by atoms with Gasteiger partial charge in [0, 0.05) is 6.04 Å². The van der Waals surface area contributed by atoms with Gasteiger partial charge >= 0.3 is 0 Å². The van der Waals surface area contributed by atoms with Crippen molar-refractivity contribution in [1.82, 2.24) is 5.32 Å². The summed E-state index contributed by atoms with van der Waals surface area (Å²) in [5.74, 6) is 0. The molecule has 0 fully saturated rings. The van der Waals surface area contributed by atoms with E-state index < -0.39 is 0 Å². The summed E-state index contributed by atoms with van der Waals surface area (Å²) >= 11 is 0. The fourth-order valence-corrected chi connectivity index (χ4v) is 2.32. The fraction of sp³-hybridized carbons (Fsp3) is 0.294. The van der Waals surface area contributed by atoms with Crippen molar-refractivity contribution in [2.45, 2.75) is 25.3 Å². The molecule has 1 heteroatoms. The summed E-state index contributed by atoms with van der Waals surface area (Å²) in [5, 5.41) is 3.40. The molecule has 2 aromatic carbocycles. The standard InChI is InChI=1S/C17H21N/c1-18-17(16-12-6-3-7-13-16)14-8-11-15-9-4-2-5-10-15/h2-7,9-10,12-13,17-18H,8,11,14H2,1H3/t17-/m1/s1. The predicted octanol–water partition coefficient (Wildman–Crippen LogP) is 3.97. The lowest BCUT2D eigenvalue weighted by Gasteiger charge is -2.16. The zero-order valence-corrected chi connectivity index (χ0v) is 11.0. The van der Waals surface area contributed by atoms with Gasteiger partial charge < -0.3 is 5.32 Å². The first kappa shape index (κ1) is 12.8. The normalized spacial score (nSPS) is 12.3. The number of aryl methyl sites for hydroxylation is 1. The Balaban J connectivity index is 1.85. The summed E-state index contributed by atoms with van der Waals surface area (Å²) in [7, 11) is 2.04. The van der Waals surface area contributed by atoms with Crippen LogP contribution in [0.25, 0.3) is 0 Å². The van der Waals surface area contributed by atoms with E-state index in [1.54, 1.807) is 0 Å². The summed E-state index contributed by atoms with van der Waals surface area (Å²) in [4.78, 5) is 0. The Labute approximate surface area is 110 Å². The van der Waals surface area contributed by atoms with Crippen LogP contribution in [0.3, 0.4) is 0 Å². The molecule has 1 N–H and O–H groups in total. The van der Waals surface area contributed by atoms with Gasteiger partial charge in [0.2, 0.25) is 0 Å². The van der Waals surface area contributed by atoms with E-state index in [-0.39, 0.29) is 0 Å². The third-order valence-electron chi connectivity index (χ3n) is 3.35. The molecule has 1 atom stereocenters. The van der Waals surface area contributed by atoms with Gasteiger partial charge in [0.1, 0.15) is 0 Å². The monoisotopic (exact) mass is 239 g/mol. The lowest BCUT2D eigenvalue weighted by atomic mass is 9.99. The van der Waals surface area contributed by atoms with E-state index in [1.165, 1.54) is 24.0 Å². The van der Waals surface area contributed by atoms with Gasteiger partial charge in [-0.05, 0) is 37.4 Å². The van der Waals surface area contributed by atoms with Gasteiger partial charge in [-0.15, -0.1) is 0 Å². The van der Waals surface area contributed by atoms with Crippen molar-refractivity contribution >= 4 is 0 Å². The minimum Gasteiger partial charge on any atom is -0.313 e. The number of nitrogens with one attached hydrogen (secondary N) is 1. The van der Waals surface area contributed by atoms with E-state index in [0.29, 0.717) is 6.04 Å². The van der Waals surface area contributed by atoms with Crippen LogP contribution in [0.4, 0.5) is 0 Å². The second-order valence-corrected chi connectivity index (χ2v) is 4.63. The van der Waals surface area contributed by atoms with Crippen LogP contribution in [-0.2, 0) is 6.42 Å². The summed E-state index contributed by atoms with van der Waals surface area (Å²) in [6.45, 7) is 0. The highest BCUT2D eigenvalue weighted by Gasteiger charge is 2.07. The highest BCUT2D eigenvalue weighted by Crippen LogP contribution is 2.18. The maximum absolute atomic E-state index is 3.40. The molecule has 0 saturated carbocycles. The molecular weight excluding hydrogens is 218 g/mol. The van der Waals surface area contributed by atoms with Crippen molar-refractivity contribution in [3.05, 3.63) is 71.8 Å². The Hall–Kier alpha value is -1.60. The molecule has 0 amide bonds. The van der Waals surface area contributed by atoms with Gasteiger partial charge in [0.25, 0.3) is 0 Å². The van der Waals surface area contributed by atoms with Gasteiger partial charge in [-0.1, -0.05) is 60.7 Å². The Bertz CT molecular complexity index is 436. The minimum atomic E-state index is 0.468. The van der Waals surface area contributed by atoms with Crippen LogP contribution in [0, 0.1) is 0 Å². The lowest BCUT2D eigenvalue weighted by Crippen LogP contribution is -2.16. The largest absolute Gasteiger partial charge is 0.313 e. The highest BCUT2D eigenvalue weighted by molar-refractivity contribution is 5.19. The summed E-state index contributed by atoms with van der Waals surface area (Å²) < 4.78 is 0. The van der Waals surface area contributed by atoms with Crippen molar-refractivity contribution in [1.29, 1.82) is 0 Å². The van der Waals surface area contributed by atoms with Crippen molar-refractivity contribution in [2.75, 3.05) is 7.05 Å². The topological polar surface area (TPSA) is 12.0 Å². The maximum atomic E-state index is 3.40. The van der Waals surface area contributed by atoms with Crippen LogP contribution in [0.1, 0.15) is 30.0 Å². The zero-order valence-electron chi connectivity index (χ0n) is 11.0. The van der Waals surface area contributed by atoms with Crippen LogP contribution in [-0.4, -0.2) is 7.05 Å². The Kier molecular flexibility index (Phi) is 4.98. The van der Waals surface area contributed by atoms with E-state index in [4.69, 9.17) is 0 Å². The summed E-state index contributed by atoms with van der Waals surface area (Å²) in [5.41, 5.74) is 2.81. The molecule has 0 aliphatic heterocycles. The SMILES string of the molecule is CN[C@H](CCCc1ccccc1)c1ccccc1. The molecule has 0 aromatic heterocycles. The zero-order chi connectivity index (χ0) is 12.6. The van der Waals surface area contributed by atoms with Crippen molar-refractivity contribution in [2.24, 2.45) is 0 Å². The average Bonchev–Trinajstić information content (AvgIpc) is 2.46. The van der Waals surface area contributed by atoms with Crippen LogP contribution in [0.2, 0.25) is 0 Å². The van der Waals surface area contributed by atoms with Gasteiger partial charge in [0.05, 0.1) is 0 Å². The number of hydrogen-bond donors (Lipinski definition) is 1. The summed E-state index contributed by atoms with van der Waals surface area (Å²) in [6.07, 6.45) is 3.55.